The predicted molar refractivity (Wildman–Crippen MR) is 93.1 cm³/mol. The predicted octanol–water partition coefficient (Wildman–Crippen LogP) is 4.22. The van der Waals surface area contributed by atoms with E-state index in [4.69, 9.17) is 4.74 Å². The maximum Gasteiger partial charge on any atom is 0.410 e. The molecule has 128 valence electrons. The van der Waals surface area contributed by atoms with Gasteiger partial charge in [-0.2, -0.15) is 0 Å². The van der Waals surface area contributed by atoms with Crippen LogP contribution in [0, 0.1) is 0 Å². The smallest absolute Gasteiger partial charge is 0.410 e. The summed E-state index contributed by atoms with van der Waals surface area (Å²) in [5.74, 6) is 0. The van der Waals surface area contributed by atoms with E-state index < -0.39 is 5.60 Å². The van der Waals surface area contributed by atoms with E-state index in [9.17, 15) is 4.79 Å². The molecule has 0 bridgehead atoms. The van der Waals surface area contributed by atoms with Crippen LogP contribution in [0.25, 0.3) is 0 Å². The van der Waals surface area contributed by atoms with Crippen LogP contribution >= 0.6 is 0 Å². The molecule has 0 aromatic heterocycles. The first-order chi connectivity index (χ1) is 10.8. The number of amides is 1. The van der Waals surface area contributed by atoms with Gasteiger partial charge in [0.15, 0.2) is 0 Å². The van der Waals surface area contributed by atoms with Crippen LogP contribution in [0.5, 0.6) is 0 Å². The van der Waals surface area contributed by atoms with Gasteiger partial charge in [0.2, 0.25) is 0 Å². The topological polar surface area (TPSA) is 41.6 Å². The molecule has 0 saturated carbocycles. The molecule has 4 heteroatoms. The lowest BCUT2D eigenvalue weighted by Gasteiger charge is -2.24. The summed E-state index contributed by atoms with van der Waals surface area (Å²) >= 11 is 0. The zero-order chi connectivity index (χ0) is 17.0. The first-order valence-corrected chi connectivity index (χ1v) is 8.64. The van der Waals surface area contributed by atoms with Crippen LogP contribution < -0.4 is 5.32 Å². The van der Waals surface area contributed by atoms with E-state index in [1.807, 2.05) is 20.8 Å². The maximum atomic E-state index is 12.2. The maximum absolute atomic E-state index is 12.2. The summed E-state index contributed by atoms with van der Waals surface area (Å²) in [6.45, 7) is 12.3. The second-order valence-electron chi connectivity index (χ2n) is 7.33. The van der Waals surface area contributed by atoms with E-state index in [0.717, 1.165) is 19.4 Å². The van der Waals surface area contributed by atoms with Crippen molar-refractivity contribution in [3.05, 3.63) is 34.9 Å². The Kier molecular flexibility index (Phi) is 5.69. The average molecular weight is 318 g/mol. The monoisotopic (exact) mass is 318 g/mol. The highest BCUT2D eigenvalue weighted by molar-refractivity contribution is 5.69. The van der Waals surface area contributed by atoms with E-state index in [1.54, 1.807) is 4.90 Å². The third-order valence-electron chi connectivity index (χ3n) is 4.23. The Labute approximate surface area is 140 Å². The van der Waals surface area contributed by atoms with Crippen molar-refractivity contribution in [2.24, 2.45) is 0 Å². The standard InChI is InChI=1S/C19H30N2O2/c1-6-17(7-2)20-11-14-8-9-15-12-21(13-16(15)10-14)18(22)23-19(3,4)5/h8-10,17,20H,6-7,11-13H2,1-5H3. The lowest BCUT2D eigenvalue weighted by molar-refractivity contribution is 0.0242. The Morgan fingerprint density at radius 2 is 1.87 bits per heavy atom. The second kappa shape index (κ2) is 7.35. The summed E-state index contributed by atoms with van der Waals surface area (Å²) < 4.78 is 5.47. The van der Waals surface area contributed by atoms with Crippen molar-refractivity contribution in [1.82, 2.24) is 10.2 Å². The molecule has 0 unspecified atom stereocenters. The SMILES string of the molecule is CCC(CC)NCc1ccc2c(c1)CN(C(=O)OC(C)(C)C)C2. The molecule has 23 heavy (non-hydrogen) atoms. The van der Waals surface area contributed by atoms with Crippen molar-refractivity contribution in [3.8, 4) is 0 Å². The molecular weight excluding hydrogens is 288 g/mol. The average Bonchev–Trinajstić information content (AvgIpc) is 2.90. The van der Waals surface area contributed by atoms with E-state index in [2.05, 4.69) is 37.4 Å². The molecule has 1 aliphatic heterocycles. The largest absolute Gasteiger partial charge is 0.444 e. The fourth-order valence-electron chi connectivity index (χ4n) is 2.85. The van der Waals surface area contributed by atoms with Crippen molar-refractivity contribution in [2.75, 3.05) is 0 Å². The zero-order valence-corrected chi connectivity index (χ0v) is 15.1. The number of ether oxygens (including phenoxy) is 1. The number of benzene rings is 1. The van der Waals surface area contributed by atoms with Gasteiger partial charge in [-0.05, 0) is 50.3 Å². The molecule has 2 rings (SSSR count). The Morgan fingerprint density at radius 3 is 2.48 bits per heavy atom. The molecule has 0 spiro atoms. The Balaban J connectivity index is 1.97. The molecule has 0 saturated heterocycles. The van der Waals surface area contributed by atoms with Gasteiger partial charge < -0.3 is 10.1 Å². The first kappa shape index (κ1) is 17.8. The summed E-state index contributed by atoms with van der Waals surface area (Å²) in [6.07, 6.45) is 2.06. The molecular formula is C19H30N2O2. The van der Waals surface area contributed by atoms with Gasteiger partial charge in [0.05, 0.1) is 0 Å². The summed E-state index contributed by atoms with van der Waals surface area (Å²) in [7, 11) is 0. The van der Waals surface area contributed by atoms with Crippen molar-refractivity contribution >= 4 is 6.09 Å². The highest BCUT2D eigenvalue weighted by Gasteiger charge is 2.27. The van der Waals surface area contributed by atoms with Gasteiger partial charge in [-0.25, -0.2) is 4.79 Å². The van der Waals surface area contributed by atoms with Gasteiger partial charge in [-0.1, -0.05) is 32.0 Å². The number of carbonyl (C=O) groups is 1. The fourth-order valence-corrected chi connectivity index (χ4v) is 2.85. The number of fused-ring (bicyclic) bond motifs is 1. The lowest BCUT2D eigenvalue weighted by Crippen LogP contribution is -2.33. The molecule has 1 aromatic rings. The molecule has 4 nitrogen and oxygen atoms in total. The number of carbonyl (C=O) groups excluding carboxylic acids is 1. The van der Waals surface area contributed by atoms with E-state index in [1.165, 1.54) is 16.7 Å². The summed E-state index contributed by atoms with van der Waals surface area (Å²) in [6, 6.07) is 7.09. The van der Waals surface area contributed by atoms with Crippen LogP contribution in [-0.4, -0.2) is 22.6 Å². The molecule has 0 aliphatic carbocycles. The number of nitrogens with zero attached hydrogens (tertiary/aromatic N) is 1. The van der Waals surface area contributed by atoms with Gasteiger partial charge >= 0.3 is 6.09 Å². The molecule has 1 amide bonds. The van der Waals surface area contributed by atoms with Crippen LogP contribution in [-0.2, 0) is 24.4 Å². The minimum absolute atomic E-state index is 0.231. The van der Waals surface area contributed by atoms with Crippen molar-refractivity contribution in [3.63, 3.8) is 0 Å². The van der Waals surface area contributed by atoms with Crippen molar-refractivity contribution in [1.29, 1.82) is 0 Å². The van der Waals surface area contributed by atoms with Gasteiger partial charge in [-0.3, -0.25) is 4.90 Å². The normalized spacial score (nSPS) is 14.3. The van der Waals surface area contributed by atoms with Gasteiger partial charge in [-0.15, -0.1) is 0 Å². The molecule has 0 atom stereocenters. The minimum atomic E-state index is -0.448. The van der Waals surface area contributed by atoms with Gasteiger partial charge in [0.25, 0.3) is 0 Å². The Morgan fingerprint density at radius 1 is 1.22 bits per heavy atom. The van der Waals surface area contributed by atoms with Crippen LogP contribution in [0.3, 0.4) is 0 Å². The summed E-state index contributed by atoms with van der Waals surface area (Å²) in [5, 5.41) is 3.59. The fraction of sp³-hybridized carbons (Fsp3) is 0.632. The van der Waals surface area contributed by atoms with Gasteiger partial charge in [0, 0.05) is 25.7 Å². The number of hydrogen-bond acceptors (Lipinski definition) is 3. The Bertz CT molecular complexity index is 545. The zero-order valence-electron chi connectivity index (χ0n) is 15.1. The number of hydrogen-bond donors (Lipinski definition) is 1. The molecule has 1 heterocycles. The highest BCUT2D eigenvalue weighted by atomic mass is 16.6. The van der Waals surface area contributed by atoms with Crippen LogP contribution in [0.4, 0.5) is 4.79 Å². The molecule has 1 aromatic carbocycles. The number of rotatable bonds is 5. The summed E-state index contributed by atoms with van der Waals surface area (Å²) in [4.78, 5) is 14.0. The van der Waals surface area contributed by atoms with Crippen molar-refractivity contribution < 1.29 is 9.53 Å². The van der Waals surface area contributed by atoms with E-state index in [-0.39, 0.29) is 6.09 Å². The second-order valence-corrected chi connectivity index (χ2v) is 7.33. The van der Waals surface area contributed by atoms with E-state index >= 15 is 0 Å². The Hall–Kier alpha value is -1.55. The summed E-state index contributed by atoms with van der Waals surface area (Å²) in [5.41, 5.74) is 3.29. The first-order valence-electron chi connectivity index (χ1n) is 8.64. The van der Waals surface area contributed by atoms with Crippen LogP contribution in [0.15, 0.2) is 18.2 Å². The lowest BCUT2D eigenvalue weighted by atomic mass is 10.1. The molecule has 1 aliphatic rings. The number of nitrogens with one attached hydrogen (secondary N) is 1. The van der Waals surface area contributed by atoms with Gasteiger partial charge in [0.1, 0.15) is 5.60 Å². The third kappa shape index (κ3) is 4.96. The third-order valence-corrected chi connectivity index (χ3v) is 4.23. The minimum Gasteiger partial charge on any atom is -0.444 e. The van der Waals surface area contributed by atoms with Crippen LogP contribution in [0.2, 0.25) is 0 Å². The van der Waals surface area contributed by atoms with Crippen LogP contribution in [0.1, 0.15) is 64.2 Å². The molecule has 1 N–H and O–H groups in total. The molecule has 0 fully saturated rings. The van der Waals surface area contributed by atoms with Crippen molar-refractivity contribution in [2.45, 2.75) is 78.7 Å². The van der Waals surface area contributed by atoms with E-state index in [0.29, 0.717) is 19.1 Å². The quantitative estimate of drug-likeness (QED) is 0.884. The highest BCUT2D eigenvalue weighted by Crippen LogP contribution is 2.25. The molecule has 0 radical (unpaired) electrons.